The van der Waals surface area contributed by atoms with E-state index in [0.29, 0.717) is 0 Å². The molecule has 0 saturated heterocycles. The summed E-state index contributed by atoms with van der Waals surface area (Å²) in [6.45, 7) is 2.07. The summed E-state index contributed by atoms with van der Waals surface area (Å²) >= 11 is 3.46. The lowest BCUT2D eigenvalue weighted by Crippen LogP contribution is -2.15. The number of hydrogen-bond acceptors (Lipinski definition) is 2. The van der Waals surface area contributed by atoms with Gasteiger partial charge in [0.1, 0.15) is 5.82 Å². The summed E-state index contributed by atoms with van der Waals surface area (Å²) in [5.41, 5.74) is 8.54. The van der Waals surface area contributed by atoms with E-state index in [0.717, 1.165) is 22.3 Å². The summed E-state index contributed by atoms with van der Waals surface area (Å²) in [6.07, 6.45) is 4.29. The molecule has 1 aromatic heterocycles. The van der Waals surface area contributed by atoms with E-state index in [1.807, 2.05) is 12.3 Å². The minimum Gasteiger partial charge on any atom is -0.349 e. The Labute approximate surface area is 103 Å². The molecule has 0 fully saturated rings. The van der Waals surface area contributed by atoms with Crippen LogP contribution in [0.1, 0.15) is 23.0 Å². The first-order valence-corrected chi connectivity index (χ1v) is 5.96. The second-order valence-corrected chi connectivity index (χ2v) is 4.76. The number of rotatable bonds is 3. The number of aromatic amines is 1. The molecule has 3 nitrogen and oxygen atoms in total. The van der Waals surface area contributed by atoms with E-state index in [1.54, 1.807) is 6.20 Å². The van der Waals surface area contributed by atoms with Gasteiger partial charge in [0.2, 0.25) is 0 Å². The van der Waals surface area contributed by atoms with Crippen molar-refractivity contribution in [2.45, 2.75) is 19.4 Å². The normalized spacial score (nSPS) is 12.7. The molecule has 4 heteroatoms. The third kappa shape index (κ3) is 2.51. The van der Waals surface area contributed by atoms with E-state index in [-0.39, 0.29) is 6.04 Å². The molecule has 1 aromatic carbocycles. The Morgan fingerprint density at radius 3 is 3.00 bits per heavy atom. The van der Waals surface area contributed by atoms with Gasteiger partial charge in [-0.2, -0.15) is 0 Å². The van der Waals surface area contributed by atoms with Crippen LogP contribution in [0.2, 0.25) is 0 Å². The molecule has 84 valence electrons. The van der Waals surface area contributed by atoms with Crippen molar-refractivity contribution in [1.29, 1.82) is 0 Å². The Kier molecular flexibility index (Phi) is 3.41. The molecule has 1 heterocycles. The van der Waals surface area contributed by atoms with E-state index < -0.39 is 0 Å². The van der Waals surface area contributed by atoms with Gasteiger partial charge >= 0.3 is 0 Å². The van der Waals surface area contributed by atoms with Gasteiger partial charge in [-0.15, -0.1) is 0 Å². The Hall–Kier alpha value is -1.13. The average Bonchev–Trinajstić information content (AvgIpc) is 2.74. The van der Waals surface area contributed by atoms with Gasteiger partial charge in [0.15, 0.2) is 0 Å². The molecule has 0 spiro atoms. The van der Waals surface area contributed by atoms with Crippen molar-refractivity contribution < 1.29 is 0 Å². The molecule has 2 aromatic rings. The summed E-state index contributed by atoms with van der Waals surface area (Å²) in [4.78, 5) is 7.26. The molecule has 1 atom stereocenters. The van der Waals surface area contributed by atoms with Crippen molar-refractivity contribution in [2.75, 3.05) is 0 Å². The summed E-state index contributed by atoms with van der Waals surface area (Å²) in [6, 6.07) is 6.15. The highest BCUT2D eigenvalue weighted by atomic mass is 79.9. The van der Waals surface area contributed by atoms with E-state index >= 15 is 0 Å². The molecule has 2 rings (SSSR count). The highest BCUT2D eigenvalue weighted by Crippen LogP contribution is 2.22. The fraction of sp³-hybridized carbons (Fsp3) is 0.250. The first-order chi connectivity index (χ1) is 7.66. The molecule has 0 aliphatic carbocycles. The molecule has 0 aliphatic heterocycles. The first kappa shape index (κ1) is 11.4. The lowest BCUT2D eigenvalue weighted by molar-refractivity contribution is 0.690. The van der Waals surface area contributed by atoms with Crippen molar-refractivity contribution in [1.82, 2.24) is 9.97 Å². The zero-order valence-electron chi connectivity index (χ0n) is 9.07. The third-order valence-electron chi connectivity index (χ3n) is 2.61. The Bertz CT molecular complexity index is 465. The topological polar surface area (TPSA) is 54.7 Å². The molecule has 0 bridgehead atoms. The summed E-state index contributed by atoms with van der Waals surface area (Å²) in [5, 5.41) is 0. The number of halogens is 1. The van der Waals surface area contributed by atoms with Gasteiger partial charge in [-0.25, -0.2) is 4.98 Å². The van der Waals surface area contributed by atoms with Crippen LogP contribution in [0.5, 0.6) is 0 Å². The van der Waals surface area contributed by atoms with Crippen molar-refractivity contribution in [3.8, 4) is 0 Å². The zero-order chi connectivity index (χ0) is 11.5. The third-order valence-corrected chi connectivity index (χ3v) is 3.10. The Balaban J connectivity index is 2.20. The van der Waals surface area contributed by atoms with E-state index in [9.17, 15) is 0 Å². The monoisotopic (exact) mass is 279 g/mol. The van der Waals surface area contributed by atoms with Crippen LogP contribution in [-0.4, -0.2) is 9.97 Å². The van der Waals surface area contributed by atoms with E-state index in [1.165, 1.54) is 5.56 Å². The minimum absolute atomic E-state index is 0.0244. The number of nitrogens with two attached hydrogens (primary N) is 1. The van der Waals surface area contributed by atoms with Crippen LogP contribution in [0.4, 0.5) is 0 Å². The van der Waals surface area contributed by atoms with Gasteiger partial charge in [-0.1, -0.05) is 22.0 Å². The number of H-pyrrole nitrogens is 1. The van der Waals surface area contributed by atoms with E-state index in [4.69, 9.17) is 5.73 Å². The predicted octanol–water partition coefficient (Wildman–Crippen LogP) is 2.72. The van der Waals surface area contributed by atoms with Gasteiger partial charge in [0, 0.05) is 29.3 Å². The molecule has 0 radical (unpaired) electrons. The van der Waals surface area contributed by atoms with Gasteiger partial charge in [-0.3, -0.25) is 0 Å². The summed E-state index contributed by atoms with van der Waals surface area (Å²) in [7, 11) is 0. The number of nitrogens with one attached hydrogen (secondary N) is 1. The van der Waals surface area contributed by atoms with Crippen LogP contribution < -0.4 is 5.73 Å². The summed E-state index contributed by atoms with van der Waals surface area (Å²) < 4.78 is 1.06. The number of aryl methyl sites for hydroxylation is 1. The van der Waals surface area contributed by atoms with Crippen LogP contribution in [-0.2, 0) is 6.42 Å². The van der Waals surface area contributed by atoms with Crippen molar-refractivity contribution in [3.05, 3.63) is 52.0 Å². The quantitative estimate of drug-likeness (QED) is 0.908. The van der Waals surface area contributed by atoms with Gasteiger partial charge in [0.05, 0.1) is 0 Å². The van der Waals surface area contributed by atoms with Crippen LogP contribution >= 0.6 is 15.9 Å². The number of imidazole rings is 1. The average molecular weight is 280 g/mol. The summed E-state index contributed by atoms with van der Waals surface area (Å²) in [5.74, 6) is 0.923. The number of nitrogens with zero attached hydrogens (tertiary/aromatic N) is 1. The lowest BCUT2D eigenvalue weighted by atomic mass is 9.99. The molecule has 16 heavy (non-hydrogen) atoms. The molecule has 0 saturated carbocycles. The maximum atomic E-state index is 6.18. The smallest absolute Gasteiger partial charge is 0.107 e. The standard InChI is InChI=1S/C12H14BrN3/c1-8-2-3-9(13)6-10(8)11(14)7-12-15-4-5-16-12/h2-6,11H,7,14H2,1H3,(H,15,16). The molecular formula is C12H14BrN3. The van der Waals surface area contributed by atoms with Crippen molar-refractivity contribution in [3.63, 3.8) is 0 Å². The highest BCUT2D eigenvalue weighted by Gasteiger charge is 2.11. The SMILES string of the molecule is Cc1ccc(Br)cc1C(N)Cc1ncc[nH]1. The van der Waals surface area contributed by atoms with Gasteiger partial charge in [0.25, 0.3) is 0 Å². The van der Waals surface area contributed by atoms with Gasteiger partial charge in [-0.05, 0) is 30.2 Å². The van der Waals surface area contributed by atoms with E-state index in [2.05, 4.69) is 45.0 Å². The molecular weight excluding hydrogens is 266 g/mol. The van der Waals surface area contributed by atoms with Crippen LogP contribution in [0.3, 0.4) is 0 Å². The van der Waals surface area contributed by atoms with Crippen molar-refractivity contribution in [2.24, 2.45) is 5.73 Å². The van der Waals surface area contributed by atoms with Crippen LogP contribution in [0, 0.1) is 6.92 Å². The fourth-order valence-corrected chi connectivity index (χ4v) is 2.12. The van der Waals surface area contributed by atoms with Crippen LogP contribution in [0.15, 0.2) is 35.1 Å². The largest absolute Gasteiger partial charge is 0.349 e. The Morgan fingerprint density at radius 1 is 1.50 bits per heavy atom. The predicted molar refractivity (Wildman–Crippen MR) is 68.1 cm³/mol. The highest BCUT2D eigenvalue weighted by molar-refractivity contribution is 9.10. The zero-order valence-corrected chi connectivity index (χ0v) is 10.7. The molecule has 1 unspecified atom stereocenters. The minimum atomic E-state index is -0.0244. The van der Waals surface area contributed by atoms with Crippen LogP contribution in [0.25, 0.3) is 0 Å². The first-order valence-electron chi connectivity index (χ1n) is 5.16. The lowest BCUT2D eigenvalue weighted by Gasteiger charge is -2.13. The fourth-order valence-electron chi connectivity index (χ4n) is 1.74. The molecule has 0 amide bonds. The molecule has 0 aliphatic rings. The van der Waals surface area contributed by atoms with Gasteiger partial charge < -0.3 is 10.7 Å². The number of hydrogen-bond donors (Lipinski definition) is 2. The number of aromatic nitrogens is 2. The van der Waals surface area contributed by atoms with Crippen molar-refractivity contribution >= 4 is 15.9 Å². The maximum absolute atomic E-state index is 6.18. The molecule has 3 N–H and O–H groups in total. The second kappa shape index (κ2) is 4.80. The second-order valence-electron chi connectivity index (χ2n) is 3.85. The maximum Gasteiger partial charge on any atom is 0.107 e. The Morgan fingerprint density at radius 2 is 2.31 bits per heavy atom. The number of benzene rings is 1.